The first-order valence-electron chi connectivity index (χ1n) is 14.3. The van der Waals surface area contributed by atoms with E-state index in [0.29, 0.717) is 48.6 Å². The van der Waals surface area contributed by atoms with Gasteiger partial charge in [-0.05, 0) is 42.5 Å². The predicted octanol–water partition coefficient (Wildman–Crippen LogP) is 5.85. The number of benzodiazepines with no additional fused rings is 1. The molecule has 1 fully saturated rings. The van der Waals surface area contributed by atoms with E-state index in [9.17, 15) is 14.0 Å². The van der Waals surface area contributed by atoms with Gasteiger partial charge in [0.05, 0.1) is 34.9 Å². The van der Waals surface area contributed by atoms with Crippen molar-refractivity contribution in [1.29, 1.82) is 0 Å². The zero-order valence-corrected chi connectivity index (χ0v) is 23.8. The third-order valence-corrected chi connectivity index (χ3v) is 7.83. The van der Waals surface area contributed by atoms with Gasteiger partial charge in [0.25, 0.3) is 11.8 Å². The quantitative estimate of drug-likeness (QED) is 0.298. The third-order valence-electron chi connectivity index (χ3n) is 7.83. The molecule has 3 aromatic carbocycles. The maximum Gasteiger partial charge on any atom is 0.269 e. The third kappa shape index (κ3) is 5.58. The Morgan fingerprint density at radius 2 is 1.77 bits per heavy atom. The molecule has 43 heavy (non-hydrogen) atoms. The molecule has 0 saturated carbocycles. The number of para-hydroxylation sites is 1. The lowest BCUT2D eigenvalue weighted by molar-refractivity contribution is -0.117. The number of aromatic nitrogens is 2. The number of hydrogen-bond donors (Lipinski definition) is 2. The maximum atomic E-state index is 15.6. The van der Waals surface area contributed by atoms with Gasteiger partial charge in [-0.1, -0.05) is 62.4 Å². The Morgan fingerprint density at radius 3 is 2.49 bits per heavy atom. The van der Waals surface area contributed by atoms with E-state index in [4.69, 9.17) is 4.74 Å². The highest BCUT2D eigenvalue weighted by atomic mass is 19.1. The molecule has 3 heterocycles. The Kier molecular flexibility index (Phi) is 7.86. The van der Waals surface area contributed by atoms with E-state index in [1.54, 1.807) is 41.1 Å². The normalized spacial score (nSPS) is 17.2. The second-order valence-electron chi connectivity index (χ2n) is 11.0. The SMILES string of the molecule is CC(C)c1ccc(-c2c(C(=O)N[C@H]3N=C(c4ccccc4)c4cccc(F)c4NC3=O)cnn2C2CCOCC2)c(F)c1. The van der Waals surface area contributed by atoms with Crippen molar-refractivity contribution in [3.05, 3.63) is 107 Å². The van der Waals surface area contributed by atoms with Gasteiger partial charge in [-0.3, -0.25) is 14.3 Å². The van der Waals surface area contributed by atoms with Gasteiger partial charge in [0.2, 0.25) is 6.17 Å². The molecule has 2 aliphatic heterocycles. The molecule has 2 amide bonds. The summed E-state index contributed by atoms with van der Waals surface area (Å²) in [7, 11) is 0. The number of nitrogens with one attached hydrogen (secondary N) is 2. The molecule has 0 radical (unpaired) electrons. The lowest BCUT2D eigenvalue weighted by Gasteiger charge is -2.25. The number of aliphatic imine (C=N–C) groups is 1. The van der Waals surface area contributed by atoms with Crippen molar-refractivity contribution in [2.45, 2.75) is 44.8 Å². The second-order valence-corrected chi connectivity index (χ2v) is 11.0. The zero-order valence-electron chi connectivity index (χ0n) is 23.8. The van der Waals surface area contributed by atoms with E-state index >= 15 is 4.39 Å². The van der Waals surface area contributed by atoms with Crippen LogP contribution in [0.15, 0.2) is 77.9 Å². The predicted molar refractivity (Wildman–Crippen MR) is 159 cm³/mol. The summed E-state index contributed by atoms with van der Waals surface area (Å²) in [5, 5.41) is 9.80. The lowest BCUT2D eigenvalue weighted by atomic mass is 9.98. The van der Waals surface area contributed by atoms with E-state index in [0.717, 1.165) is 5.56 Å². The number of ether oxygens (including phenoxy) is 1. The average molecular weight is 584 g/mol. The number of carbonyl (C=O) groups excluding carboxylic acids is 2. The fourth-order valence-corrected chi connectivity index (χ4v) is 5.51. The van der Waals surface area contributed by atoms with Crippen molar-refractivity contribution in [1.82, 2.24) is 15.1 Å². The van der Waals surface area contributed by atoms with Crippen LogP contribution in [0.1, 0.15) is 65.7 Å². The Balaban J connectivity index is 1.41. The highest BCUT2D eigenvalue weighted by Crippen LogP contribution is 2.34. The number of fused-ring (bicyclic) bond motifs is 1. The molecule has 10 heteroatoms. The molecule has 220 valence electrons. The molecule has 0 bridgehead atoms. The van der Waals surface area contributed by atoms with Crippen LogP contribution in [0.5, 0.6) is 0 Å². The minimum atomic E-state index is -1.40. The monoisotopic (exact) mass is 583 g/mol. The highest BCUT2D eigenvalue weighted by molar-refractivity contribution is 6.20. The Hall–Kier alpha value is -4.70. The van der Waals surface area contributed by atoms with Crippen LogP contribution in [0.2, 0.25) is 0 Å². The van der Waals surface area contributed by atoms with Crippen molar-refractivity contribution in [3.63, 3.8) is 0 Å². The Labute approximate surface area is 247 Å². The van der Waals surface area contributed by atoms with Gasteiger partial charge in [0.1, 0.15) is 11.6 Å². The molecule has 1 aromatic heterocycles. The van der Waals surface area contributed by atoms with Crippen molar-refractivity contribution >= 4 is 23.2 Å². The molecule has 2 N–H and O–H groups in total. The van der Waals surface area contributed by atoms with E-state index in [2.05, 4.69) is 20.7 Å². The summed E-state index contributed by atoms with van der Waals surface area (Å²) in [6, 6.07) is 18.4. The summed E-state index contributed by atoms with van der Waals surface area (Å²) in [5.41, 5.74) is 2.81. The maximum absolute atomic E-state index is 15.6. The average Bonchev–Trinajstić information content (AvgIpc) is 3.40. The summed E-state index contributed by atoms with van der Waals surface area (Å²) in [6.07, 6.45) is 1.30. The van der Waals surface area contributed by atoms with E-state index in [1.165, 1.54) is 24.4 Å². The number of nitrogens with zero attached hydrogens (tertiary/aromatic N) is 3. The Bertz CT molecular complexity index is 1710. The largest absolute Gasteiger partial charge is 0.381 e. The van der Waals surface area contributed by atoms with Crippen LogP contribution in [0.4, 0.5) is 14.5 Å². The molecule has 2 aliphatic rings. The van der Waals surface area contributed by atoms with Crippen molar-refractivity contribution in [3.8, 4) is 11.3 Å². The number of benzene rings is 3. The summed E-state index contributed by atoms with van der Waals surface area (Å²) in [4.78, 5) is 31.8. The fraction of sp³-hybridized carbons (Fsp3) is 0.273. The molecule has 0 unspecified atom stereocenters. The van der Waals surface area contributed by atoms with E-state index < -0.39 is 29.6 Å². The number of anilines is 1. The van der Waals surface area contributed by atoms with Crippen LogP contribution in [-0.4, -0.2) is 46.7 Å². The van der Waals surface area contributed by atoms with E-state index in [-0.39, 0.29) is 28.8 Å². The van der Waals surface area contributed by atoms with Gasteiger partial charge in [-0.15, -0.1) is 0 Å². The molecule has 4 aromatic rings. The summed E-state index contributed by atoms with van der Waals surface area (Å²) in [6.45, 7) is 5.00. The standard InChI is InChI=1S/C33H31F2N5O3/c1-19(2)21-11-12-23(27(35)17-21)30-25(18-36-40(30)22-13-15-43-16-14-22)32(41)39-31-33(42)38-29-24(9-6-10-26(29)34)28(37-31)20-7-4-3-5-8-20/h3-12,17-19,22,31H,13-16H2,1-2H3,(H,38,42)(H,39,41)/t31-/m1/s1. The van der Waals surface area contributed by atoms with Crippen LogP contribution in [0, 0.1) is 11.6 Å². The molecule has 6 rings (SSSR count). The van der Waals surface area contributed by atoms with Crippen LogP contribution >= 0.6 is 0 Å². The first-order valence-corrected chi connectivity index (χ1v) is 14.3. The van der Waals surface area contributed by atoms with Crippen LogP contribution in [-0.2, 0) is 9.53 Å². The molecule has 1 saturated heterocycles. The first kappa shape index (κ1) is 28.4. The van der Waals surface area contributed by atoms with Crippen LogP contribution in [0.3, 0.4) is 0 Å². The minimum absolute atomic E-state index is 0.0211. The second kappa shape index (κ2) is 11.9. The van der Waals surface area contributed by atoms with Gasteiger partial charge in [-0.25, -0.2) is 13.8 Å². The molecular weight excluding hydrogens is 552 g/mol. The smallest absolute Gasteiger partial charge is 0.269 e. The Morgan fingerprint density at radius 1 is 1.00 bits per heavy atom. The summed E-state index contributed by atoms with van der Waals surface area (Å²) >= 11 is 0. The summed E-state index contributed by atoms with van der Waals surface area (Å²) < 4.78 is 37.7. The van der Waals surface area contributed by atoms with Gasteiger partial charge in [-0.2, -0.15) is 5.10 Å². The first-order chi connectivity index (χ1) is 20.8. The number of halogens is 2. The molecule has 1 atom stereocenters. The number of carbonyl (C=O) groups is 2. The van der Waals surface area contributed by atoms with Gasteiger partial charge in [0, 0.05) is 29.9 Å². The summed E-state index contributed by atoms with van der Waals surface area (Å²) in [5.74, 6) is -2.36. The fourth-order valence-electron chi connectivity index (χ4n) is 5.51. The van der Waals surface area contributed by atoms with Crippen LogP contribution < -0.4 is 10.6 Å². The van der Waals surface area contributed by atoms with Gasteiger partial charge >= 0.3 is 0 Å². The number of rotatable bonds is 6. The van der Waals surface area contributed by atoms with Crippen LogP contribution in [0.25, 0.3) is 11.3 Å². The zero-order chi connectivity index (χ0) is 30.1. The van der Waals surface area contributed by atoms with Crippen molar-refractivity contribution in [2.24, 2.45) is 4.99 Å². The van der Waals surface area contributed by atoms with Gasteiger partial charge in [0.15, 0.2) is 0 Å². The van der Waals surface area contributed by atoms with Gasteiger partial charge < -0.3 is 15.4 Å². The molecule has 0 spiro atoms. The topological polar surface area (TPSA) is 97.6 Å². The number of hydrogen-bond acceptors (Lipinski definition) is 5. The number of amides is 2. The lowest BCUT2D eigenvalue weighted by Crippen LogP contribution is -2.42. The van der Waals surface area contributed by atoms with Crippen molar-refractivity contribution < 1.29 is 23.1 Å². The highest BCUT2D eigenvalue weighted by Gasteiger charge is 2.32. The molecule has 0 aliphatic carbocycles. The minimum Gasteiger partial charge on any atom is -0.381 e. The van der Waals surface area contributed by atoms with Crippen molar-refractivity contribution in [2.75, 3.05) is 18.5 Å². The molecular formula is C33H31F2N5O3. The molecule has 8 nitrogen and oxygen atoms in total. The van der Waals surface area contributed by atoms with E-state index in [1.807, 2.05) is 26.0 Å².